The summed E-state index contributed by atoms with van der Waals surface area (Å²) in [4.78, 5) is 0. The fourth-order valence-electron chi connectivity index (χ4n) is 5.07. The van der Waals surface area contributed by atoms with Crippen molar-refractivity contribution in [1.82, 2.24) is 9.78 Å². The number of nitrogens with zero attached hydrogens (tertiary/aromatic N) is 3. The largest absolute Gasteiger partial charge is 0.493 e. The first kappa shape index (κ1) is 20.8. The molecule has 5 nitrogen and oxygen atoms in total. The molecule has 1 aromatic carbocycles. The average molecular weight is 430 g/mol. The zero-order chi connectivity index (χ0) is 21.9. The molecule has 0 saturated heterocycles. The van der Waals surface area contributed by atoms with E-state index >= 15 is 0 Å². The molecule has 0 atom stereocenters. The maximum Gasteiger partial charge on any atom is 0.128 e. The van der Waals surface area contributed by atoms with Gasteiger partial charge in [-0.3, -0.25) is 4.68 Å². The van der Waals surface area contributed by atoms with Gasteiger partial charge in [-0.05, 0) is 69.4 Å². The molecule has 5 rings (SSSR count). The third-order valence-electron chi connectivity index (χ3n) is 6.95. The van der Waals surface area contributed by atoms with Crippen LogP contribution in [0, 0.1) is 11.8 Å². The first-order chi connectivity index (χ1) is 15.7. The van der Waals surface area contributed by atoms with Crippen molar-refractivity contribution in [3.63, 3.8) is 0 Å². The second-order valence-corrected chi connectivity index (χ2v) is 9.08. The molecule has 5 heteroatoms. The molecule has 2 aromatic rings. The molecule has 3 aliphatic rings. The fourth-order valence-corrected chi connectivity index (χ4v) is 5.07. The van der Waals surface area contributed by atoms with E-state index in [0.29, 0.717) is 18.4 Å². The van der Waals surface area contributed by atoms with Crippen LogP contribution in [0.5, 0.6) is 5.75 Å². The SMILES string of the molecule is CCOc1cc2nn(C3CCC(C4CC4)CC3)cc2cc1/C=C/C=C1/C=CC=C/C1=N\O. The standard InChI is InChI=1S/C27H31N3O2/c1-2-32-27-17-26-23(16-22(27)8-5-7-21-6-3-4-9-25(21)29-31)18-30(28-26)24-14-12-20(13-15-24)19-10-11-19/h3-9,16-20,24,31H,2,10-15H2,1H3/b8-5+,21-7-,29-25+. The predicted molar refractivity (Wildman–Crippen MR) is 129 cm³/mol. The summed E-state index contributed by atoms with van der Waals surface area (Å²) in [7, 11) is 0. The van der Waals surface area contributed by atoms with Crippen molar-refractivity contribution >= 4 is 22.7 Å². The maximum atomic E-state index is 9.17. The summed E-state index contributed by atoms with van der Waals surface area (Å²) in [6, 6.07) is 4.73. The minimum atomic E-state index is 0.513. The van der Waals surface area contributed by atoms with E-state index in [-0.39, 0.29) is 0 Å². The fraction of sp³-hybridized carbons (Fsp3) is 0.407. The monoisotopic (exact) mass is 429 g/mol. The van der Waals surface area contributed by atoms with Crippen LogP contribution in [0.1, 0.15) is 57.1 Å². The van der Waals surface area contributed by atoms with Crippen molar-refractivity contribution in [2.75, 3.05) is 6.61 Å². The lowest BCUT2D eigenvalue weighted by atomic mass is 9.83. The van der Waals surface area contributed by atoms with E-state index < -0.39 is 0 Å². The number of allylic oxidation sites excluding steroid dienone is 7. The second kappa shape index (κ2) is 9.19. The third-order valence-corrected chi connectivity index (χ3v) is 6.95. The zero-order valence-electron chi connectivity index (χ0n) is 18.7. The van der Waals surface area contributed by atoms with Gasteiger partial charge >= 0.3 is 0 Å². The van der Waals surface area contributed by atoms with E-state index in [0.717, 1.165) is 39.6 Å². The van der Waals surface area contributed by atoms with Crippen molar-refractivity contribution in [2.45, 2.75) is 51.5 Å². The maximum absolute atomic E-state index is 9.17. The lowest BCUT2D eigenvalue weighted by molar-refractivity contribution is 0.242. The molecule has 166 valence electrons. The number of oxime groups is 1. The van der Waals surface area contributed by atoms with Gasteiger partial charge in [0.2, 0.25) is 0 Å². The zero-order valence-corrected chi connectivity index (χ0v) is 18.7. The van der Waals surface area contributed by atoms with Gasteiger partial charge in [-0.25, -0.2) is 0 Å². The summed E-state index contributed by atoms with van der Waals surface area (Å²) < 4.78 is 8.12. The third kappa shape index (κ3) is 4.43. The topological polar surface area (TPSA) is 59.6 Å². The van der Waals surface area contributed by atoms with E-state index in [9.17, 15) is 5.21 Å². The molecule has 1 heterocycles. The minimum Gasteiger partial charge on any atom is -0.493 e. The van der Waals surface area contributed by atoms with Crippen LogP contribution >= 0.6 is 0 Å². The Labute approximate surface area is 189 Å². The molecule has 0 unspecified atom stereocenters. The molecule has 32 heavy (non-hydrogen) atoms. The highest BCUT2D eigenvalue weighted by molar-refractivity contribution is 6.11. The highest BCUT2D eigenvalue weighted by Gasteiger charge is 2.34. The molecule has 0 spiro atoms. The minimum absolute atomic E-state index is 0.513. The Bertz CT molecular complexity index is 1120. The van der Waals surface area contributed by atoms with E-state index in [1.54, 1.807) is 6.08 Å². The molecule has 3 aliphatic carbocycles. The van der Waals surface area contributed by atoms with Crippen LogP contribution in [0.25, 0.3) is 17.0 Å². The molecule has 1 aromatic heterocycles. The summed E-state index contributed by atoms with van der Waals surface area (Å²) in [5.41, 5.74) is 3.42. The molecule has 1 N–H and O–H groups in total. The van der Waals surface area contributed by atoms with Gasteiger partial charge in [0.15, 0.2) is 0 Å². The number of benzene rings is 1. The Morgan fingerprint density at radius 1 is 1.09 bits per heavy atom. The van der Waals surface area contributed by atoms with Gasteiger partial charge in [-0.1, -0.05) is 41.6 Å². The van der Waals surface area contributed by atoms with Gasteiger partial charge in [0, 0.05) is 28.8 Å². The molecule has 0 radical (unpaired) electrons. The lowest BCUT2D eigenvalue weighted by Crippen LogP contribution is -2.19. The van der Waals surface area contributed by atoms with Crippen LogP contribution in [0.2, 0.25) is 0 Å². The summed E-state index contributed by atoms with van der Waals surface area (Å²) in [5, 5.41) is 18.6. The Kier molecular flexibility index (Phi) is 5.97. The Balaban J connectivity index is 1.38. The number of hydrogen-bond donors (Lipinski definition) is 1. The Hall–Kier alpha value is -3.08. The molecule has 0 bridgehead atoms. The van der Waals surface area contributed by atoms with Gasteiger partial charge in [0.25, 0.3) is 0 Å². The first-order valence-corrected chi connectivity index (χ1v) is 11.9. The average Bonchev–Trinajstić information content (AvgIpc) is 3.59. The van der Waals surface area contributed by atoms with Crippen LogP contribution in [0.3, 0.4) is 0 Å². The van der Waals surface area contributed by atoms with Crippen molar-refractivity contribution < 1.29 is 9.94 Å². The first-order valence-electron chi connectivity index (χ1n) is 11.9. The smallest absolute Gasteiger partial charge is 0.128 e. The Morgan fingerprint density at radius 2 is 1.84 bits per heavy atom. The number of fused-ring (bicyclic) bond motifs is 1. The van der Waals surface area contributed by atoms with E-state index in [1.165, 1.54) is 38.5 Å². The molecule has 0 aliphatic heterocycles. The van der Waals surface area contributed by atoms with Gasteiger partial charge in [0.05, 0.1) is 18.2 Å². The molecule has 2 saturated carbocycles. The number of aromatic nitrogens is 2. The summed E-state index contributed by atoms with van der Waals surface area (Å²) in [5.74, 6) is 2.82. The molecule has 2 fully saturated rings. The lowest BCUT2D eigenvalue weighted by Gasteiger charge is -2.28. The Morgan fingerprint density at radius 3 is 2.56 bits per heavy atom. The number of rotatable bonds is 6. The van der Waals surface area contributed by atoms with Crippen molar-refractivity contribution in [1.29, 1.82) is 0 Å². The number of ether oxygens (including phenoxy) is 1. The normalized spacial score (nSPS) is 26.0. The highest BCUT2D eigenvalue weighted by Crippen LogP contribution is 2.46. The second-order valence-electron chi connectivity index (χ2n) is 9.08. The highest BCUT2D eigenvalue weighted by atomic mass is 16.5. The van der Waals surface area contributed by atoms with Crippen LogP contribution in [-0.4, -0.2) is 27.3 Å². The van der Waals surface area contributed by atoms with Crippen molar-refractivity contribution in [3.8, 4) is 5.75 Å². The van der Waals surface area contributed by atoms with E-state index in [4.69, 9.17) is 9.84 Å². The molecular formula is C27H31N3O2. The molecule has 0 amide bonds. The van der Waals surface area contributed by atoms with Crippen molar-refractivity contribution in [2.24, 2.45) is 17.0 Å². The van der Waals surface area contributed by atoms with Gasteiger partial charge in [-0.15, -0.1) is 0 Å². The van der Waals surface area contributed by atoms with Gasteiger partial charge < -0.3 is 9.94 Å². The van der Waals surface area contributed by atoms with Crippen LogP contribution in [0.4, 0.5) is 0 Å². The van der Waals surface area contributed by atoms with E-state index in [2.05, 4.69) is 28.2 Å². The summed E-state index contributed by atoms with van der Waals surface area (Å²) >= 11 is 0. The quantitative estimate of drug-likeness (QED) is 0.423. The van der Waals surface area contributed by atoms with Crippen LogP contribution < -0.4 is 4.74 Å². The molecular weight excluding hydrogens is 398 g/mol. The van der Waals surface area contributed by atoms with E-state index in [1.807, 2.05) is 43.4 Å². The van der Waals surface area contributed by atoms with Crippen molar-refractivity contribution in [3.05, 3.63) is 65.9 Å². The summed E-state index contributed by atoms with van der Waals surface area (Å²) in [6.45, 7) is 2.61. The van der Waals surface area contributed by atoms with Crippen LogP contribution in [0.15, 0.2) is 65.5 Å². The predicted octanol–water partition coefficient (Wildman–Crippen LogP) is 6.47. The summed E-state index contributed by atoms with van der Waals surface area (Å²) in [6.07, 6.45) is 23.7. The van der Waals surface area contributed by atoms with Crippen LogP contribution in [-0.2, 0) is 0 Å². The van der Waals surface area contributed by atoms with Gasteiger partial charge in [0.1, 0.15) is 11.5 Å². The number of hydrogen-bond acceptors (Lipinski definition) is 4. The van der Waals surface area contributed by atoms with Gasteiger partial charge in [-0.2, -0.15) is 5.10 Å².